The SMILES string of the molecule is C=C1C[C@H](C)C[C@@H]2CC=C[C@@H](C/C=C\C(=O)O[C@H]([C@@H](O)/C=C/[C@@H]3CC(C)=CCO3)C[C@@H]3O[C@H]3[C@@H](OC(=O)c3ccc([N+](=O)[O-])cc3)C1)O2. The summed E-state index contributed by atoms with van der Waals surface area (Å²) in [5.41, 5.74) is 2.11. The Hall–Kier alpha value is -3.90. The average Bonchev–Trinajstić information content (AvgIpc) is 3.82. The van der Waals surface area contributed by atoms with E-state index in [1.165, 1.54) is 35.9 Å². The Labute approximate surface area is 281 Å². The summed E-state index contributed by atoms with van der Waals surface area (Å²) >= 11 is 0. The molecule has 4 heterocycles. The summed E-state index contributed by atoms with van der Waals surface area (Å²) < 4.78 is 29.8. The van der Waals surface area contributed by atoms with Crippen LogP contribution in [0.3, 0.4) is 0 Å². The third-order valence-corrected chi connectivity index (χ3v) is 8.99. The highest BCUT2D eigenvalue weighted by Gasteiger charge is 2.49. The van der Waals surface area contributed by atoms with E-state index in [4.69, 9.17) is 23.7 Å². The van der Waals surface area contributed by atoms with E-state index in [0.29, 0.717) is 32.3 Å². The molecule has 4 aliphatic heterocycles. The van der Waals surface area contributed by atoms with Crippen LogP contribution in [0.2, 0.25) is 0 Å². The summed E-state index contributed by atoms with van der Waals surface area (Å²) in [6.07, 6.45) is 12.4. The van der Waals surface area contributed by atoms with Crippen molar-refractivity contribution in [2.45, 2.75) is 108 Å². The minimum Gasteiger partial charge on any atom is -0.456 e. The molecule has 258 valence electrons. The highest BCUT2D eigenvalue weighted by atomic mass is 16.6. The topological polar surface area (TPSA) is 147 Å². The predicted molar refractivity (Wildman–Crippen MR) is 177 cm³/mol. The quantitative estimate of drug-likeness (QED) is 0.129. The zero-order chi connectivity index (χ0) is 34.2. The first-order valence-corrected chi connectivity index (χ1v) is 16.6. The number of nitrogens with zero attached hydrogens (tertiary/aromatic N) is 1. The fourth-order valence-corrected chi connectivity index (χ4v) is 6.46. The van der Waals surface area contributed by atoms with Crippen molar-refractivity contribution in [2.24, 2.45) is 5.92 Å². The van der Waals surface area contributed by atoms with Crippen molar-refractivity contribution >= 4 is 17.6 Å². The molecule has 1 aromatic carbocycles. The fourth-order valence-electron chi connectivity index (χ4n) is 6.46. The zero-order valence-electron chi connectivity index (χ0n) is 27.5. The number of carbonyl (C=O) groups is 2. The lowest BCUT2D eigenvalue weighted by molar-refractivity contribution is -0.384. The van der Waals surface area contributed by atoms with Crippen LogP contribution in [-0.2, 0) is 28.5 Å². The van der Waals surface area contributed by atoms with Gasteiger partial charge in [-0.1, -0.05) is 61.1 Å². The number of aliphatic hydroxyl groups is 1. The number of nitro groups is 1. The van der Waals surface area contributed by atoms with Gasteiger partial charge in [0.05, 0.1) is 41.5 Å². The van der Waals surface area contributed by atoms with Crippen LogP contribution in [0, 0.1) is 16.0 Å². The Balaban J connectivity index is 1.35. The largest absolute Gasteiger partial charge is 0.456 e. The van der Waals surface area contributed by atoms with Crippen molar-refractivity contribution in [3.63, 3.8) is 0 Å². The Morgan fingerprint density at radius 2 is 1.92 bits per heavy atom. The number of benzene rings is 1. The standard InChI is InChI=1S/C37H45NO10/c1-23-16-17-44-29(19-23)14-15-31(39)32-22-34-36(47-34)33(48-37(41)26-10-12-27(13-11-26)38(42)43)21-25(3)18-24(2)20-30-8-4-6-28(45-30)7-5-9-35(40)46-32/h4-6,9-16,24,28-34,36,39H,3,7-8,17-22H2,1-2H3/b9-5-,15-14+/t24-,28-,29+,30-,31-,32-,33-,34-,36-/m0/s1. The number of carbonyl (C=O) groups excluding carboxylic acids is 2. The molecule has 0 radical (unpaired) electrons. The predicted octanol–water partition coefficient (Wildman–Crippen LogP) is 5.88. The van der Waals surface area contributed by atoms with Gasteiger partial charge in [-0.3, -0.25) is 10.1 Å². The highest BCUT2D eigenvalue weighted by Crippen LogP contribution is 2.37. The van der Waals surface area contributed by atoms with Gasteiger partial charge in [0.2, 0.25) is 0 Å². The Morgan fingerprint density at radius 1 is 1.12 bits per heavy atom. The molecule has 11 heteroatoms. The first-order chi connectivity index (χ1) is 23.0. The van der Waals surface area contributed by atoms with Crippen LogP contribution in [-0.4, -0.2) is 77.4 Å². The lowest BCUT2D eigenvalue weighted by Gasteiger charge is -2.28. The van der Waals surface area contributed by atoms with Crippen LogP contribution in [0.25, 0.3) is 0 Å². The van der Waals surface area contributed by atoms with E-state index < -0.39 is 47.4 Å². The molecule has 0 amide bonds. The van der Waals surface area contributed by atoms with E-state index in [-0.39, 0.29) is 41.9 Å². The van der Waals surface area contributed by atoms with Crippen LogP contribution >= 0.6 is 0 Å². The summed E-state index contributed by atoms with van der Waals surface area (Å²) in [5, 5.41) is 22.3. The molecule has 1 fully saturated rings. The first-order valence-electron chi connectivity index (χ1n) is 16.6. The number of aliphatic hydroxyl groups excluding tert-OH is 1. The second kappa shape index (κ2) is 16.5. The van der Waals surface area contributed by atoms with Crippen LogP contribution in [0.15, 0.2) is 84.5 Å². The average molecular weight is 664 g/mol. The minimum absolute atomic E-state index is 0.0210. The van der Waals surface area contributed by atoms with Crippen LogP contribution in [0.4, 0.5) is 5.69 Å². The van der Waals surface area contributed by atoms with Gasteiger partial charge in [-0.05, 0) is 57.1 Å². The van der Waals surface area contributed by atoms with Crippen LogP contribution in [0.5, 0.6) is 0 Å². The maximum Gasteiger partial charge on any atom is 0.338 e. The van der Waals surface area contributed by atoms with Crippen molar-refractivity contribution in [3.8, 4) is 0 Å². The van der Waals surface area contributed by atoms with E-state index in [0.717, 1.165) is 18.4 Å². The number of esters is 2. The molecule has 1 saturated heterocycles. The third kappa shape index (κ3) is 10.3. The smallest absolute Gasteiger partial charge is 0.338 e. The molecule has 48 heavy (non-hydrogen) atoms. The molecule has 11 nitrogen and oxygen atoms in total. The summed E-state index contributed by atoms with van der Waals surface area (Å²) in [6.45, 7) is 8.95. The van der Waals surface area contributed by atoms with Crippen LogP contribution in [0.1, 0.15) is 69.2 Å². The molecule has 0 unspecified atom stereocenters. The number of fused-ring (bicyclic) bond motifs is 3. The lowest BCUT2D eigenvalue weighted by atomic mass is 9.90. The van der Waals surface area contributed by atoms with Gasteiger partial charge >= 0.3 is 11.9 Å². The molecule has 1 N–H and O–H groups in total. The van der Waals surface area contributed by atoms with Crippen molar-refractivity contribution < 1.29 is 43.3 Å². The second-order valence-electron chi connectivity index (χ2n) is 13.2. The van der Waals surface area contributed by atoms with E-state index in [9.17, 15) is 24.8 Å². The molecule has 0 aliphatic carbocycles. The summed E-state index contributed by atoms with van der Waals surface area (Å²) in [6, 6.07) is 5.22. The number of cyclic esters (lactones) is 1. The second-order valence-corrected chi connectivity index (χ2v) is 13.2. The molecule has 0 saturated carbocycles. The van der Waals surface area contributed by atoms with Gasteiger partial charge < -0.3 is 28.8 Å². The Morgan fingerprint density at radius 3 is 2.67 bits per heavy atom. The Kier molecular flexibility index (Phi) is 12.2. The van der Waals surface area contributed by atoms with Gasteiger partial charge in [0.25, 0.3) is 5.69 Å². The van der Waals surface area contributed by atoms with Gasteiger partial charge in [-0.2, -0.15) is 0 Å². The molecular weight excluding hydrogens is 618 g/mol. The highest BCUT2D eigenvalue weighted by molar-refractivity contribution is 5.89. The van der Waals surface area contributed by atoms with E-state index in [1.807, 2.05) is 19.1 Å². The van der Waals surface area contributed by atoms with Gasteiger partial charge in [-0.25, -0.2) is 9.59 Å². The third-order valence-electron chi connectivity index (χ3n) is 8.99. The summed E-state index contributed by atoms with van der Waals surface area (Å²) in [5.74, 6) is -0.994. The maximum absolute atomic E-state index is 13.2. The van der Waals surface area contributed by atoms with Gasteiger partial charge in [-0.15, -0.1) is 0 Å². The number of rotatable bonds is 6. The normalized spacial score (nSPS) is 32.9. The first kappa shape index (κ1) is 35.4. The number of epoxide rings is 1. The fraction of sp³-hybridized carbons (Fsp3) is 0.514. The van der Waals surface area contributed by atoms with Crippen molar-refractivity contribution in [1.82, 2.24) is 0 Å². The van der Waals surface area contributed by atoms with E-state index in [2.05, 4.69) is 19.6 Å². The van der Waals surface area contributed by atoms with Gasteiger partial charge in [0.15, 0.2) is 0 Å². The molecule has 9 atom stereocenters. The number of non-ortho nitro benzene ring substituents is 1. The molecule has 5 rings (SSSR count). The van der Waals surface area contributed by atoms with Crippen LogP contribution < -0.4 is 0 Å². The number of hydrogen-bond donors (Lipinski definition) is 1. The molecule has 0 spiro atoms. The summed E-state index contributed by atoms with van der Waals surface area (Å²) in [7, 11) is 0. The van der Waals surface area contributed by atoms with E-state index >= 15 is 0 Å². The van der Waals surface area contributed by atoms with Crippen molar-refractivity contribution in [3.05, 3.63) is 100 Å². The van der Waals surface area contributed by atoms with E-state index in [1.54, 1.807) is 18.2 Å². The number of ether oxygens (including phenoxy) is 5. The lowest BCUT2D eigenvalue weighted by Crippen LogP contribution is -2.33. The Bertz CT molecular complexity index is 1450. The minimum atomic E-state index is -1.14. The molecule has 2 bridgehead atoms. The summed E-state index contributed by atoms with van der Waals surface area (Å²) in [4.78, 5) is 36.7. The number of hydrogen-bond acceptors (Lipinski definition) is 10. The molecular formula is C37H45NO10. The molecule has 1 aromatic rings. The molecule has 4 aliphatic rings. The van der Waals surface area contributed by atoms with Gasteiger partial charge in [0, 0.05) is 31.1 Å². The van der Waals surface area contributed by atoms with Crippen molar-refractivity contribution in [2.75, 3.05) is 6.61 Å². The molecule has 0 aromatic heterocycles. The van der Waals surface area contributed by atoms with Crippen molar-refractivity contribution in [1.29, 1.82) is 0 Å². The monoisotopic (exact) mass is 663 g/mol. The van der Waals surface area contributed by atoms with Gasteiger partial charge in [0.1, 0.15) is 24.4 Å². The zero-order valence-corrected chi connectivity index (χ0v) is 27.5. The maximum atomic E-state index is 13.2. The number of nitro benzene ring substituents is 1.